The van der Waals surface area contributed by atoms with Crippen LogP contribution in [0.4, 0.5) is 4.79 Å². The van der Waals surface area contributed by atoms with Crippen LogP contribution >= 0.6 is 11.3 Å². The number of H-pyrrole nitrogens is 1. The number of nitrogens with zero attached hydrogens (tertiary/aromatic N) is 2. The molecule has 7 heteroatoms. The van der Waals surface area contributed by atoms with Crippen LogP contribution in [0.2, 0.25) is 0 Å². The summed E-state index contributed by atoms with van der Waals surface area (Å²) in [6, 6.07) is 1.68. The van der Waals surface area contributed by atoms with Crippen molar-refractivity contribution in [1.82, 2.24) is 20.2 Å². The molecule has 4 rings (SSSR count). The number of aromatic nitrogens is 2. The van der Waals surface area contributed by atoms with Crippen molar-refractivity contribution in [3.63, 3.8) is 0 Å². The highest BCUT2D eigenvalue weighted by Gasteiger charge is 2.25. The zero-order valence-corrected chi connectivity index (χ0v) is 14.4. The predicted molar refractivity (Wildman–Crippen MR) is 92.3 cm³/mol. The summed E-state index contributed by atoms with van der Waals surface area (Å²) in [5, 5.41) is 4.00. The summed E-state index contributed by atoms with van der Waals surface area (Å²) in [4.78, 5) is 34.9. The largest absolute Gasteiger partial charge is 0.329 e. The third-order valence-corrected chi connectivity index (χ3v) is 6.11. The molecule has 6 nitrogen and oxygen atoms in total. The Morgan fingerprint density at radius 3 is 3.12 bits per heavy atom. The van der Waals surface area contributed by atoms with E-state index in [0.717, 1.165) is 23.4 Å². The van der Waals surface area contributed by atoms with E-state index in [9.17, 15) is 9.59 Å². The van der Waals surface area contributed by atoms with Gasteiger partial charge in [0, 0.05) is 23.2 Å². The average Bonchev–Trinajstić information content (AvgIpc) is 3.16. The molecule has 2 aliphatic rings. The maximum Gasteiger partial charge on any atom is 0.318 e. The number of hydrogen-bond acceptors (Lipinski definition) is 4. The van der Waals surface area contributed by atoms with E-state index in [1.165, 1.54) is 17.0 Å². The van der Waals surface area contributed by atoms with Crippen molar-refractivity contribution in [2.24, 2.45) is 0 Å². The first-order chi connectivity index (χ1) is 11.6. The molecule has 0 fully saturated rings. The summed E-state index contributed by atoms with van der Waals surface area (Å²) < 4.78 is 0. The quantitative estimate of drug-likeness (QED) is 0.876. The van der Waals surface area contributed by atoms with Gasteiger partial charge in [0.1, 0.15) is 5.01 Å². The Labute approximate surface area is 143 Å². The molecule has 1 aliphatic heterocycles. The Morgan fingerprint density at radius 2 is 2.29 bits per heavy atom. The number of aryl methyl sites for hydroxylation is 2. The number of fused-ring (bicyclic) bond motifs is 2. The minimum Gasteiger partial charge on any atom is -0.329 e. The molecule has 1 atom stereocenters. The van der Waals surface area contributed by atoms with E-state index in [1.807, 2.05) is 13.0 Å². The minimum absolute atomic E-state index is 0.102. The van der Waals surface area contributed by atoms with Gasteiger partial charge in [-0.15, -0.1) is 11.3 Å². The maximum atomic E-state index is 12.6. The third kappa shape index (κ3) is 2.73. The van der Waals surface area contributed by atoms with Crippen molar-refractivity contribution >= 4 is 17.4 Å². The number of thiazole rings is 1. The van der Waals surface area contributed by atoms with Gasteiger partial charge in [0.25, 0.3) is 5.56 Å². The first-order valence-corrected chi connectivity index (χ1v) is 9.17. The van der Waals surface area contributed by atoms with Crippen LogP contribution in [0.1, 0.15) is 46.1 Å². The maximum absolute atomic E-state index is 12.6. The number of nitrogens with one attached hydrogen (secondary N) is 2. The Kier molecular flexibility index (Phi) is 3.88. The van der Waals surface area contributed by atoms with Gasteiger partial charge >= 0.3 is 6.03 Å². The van der Waals surface area contributed by atoms with E-state index >= 15 is 0 Å². The smallest absolute Gasteiger partial charge is 0.318 e. The first-order valence-electron chi connectivity index (χ1n) is 8.35. The Bertz CT molecular complexity index is 820. The Morgan fingerprint density at radius 1 is 1.42 bits per heavy atom. The second-order valence-corrected chi connectivity index (χ2v) is 7.54. The van der Waals surface area contributed by atoms with Crippen LogP contribution in [-0.4, -0.2) is 27.4 Å². The molecule has 2 aromatic heterocycles. The van der Waals surface area contributed by atoms with Gasteiger partial charge in [-0.05, 0) is 44.2 Å². The molecule has 2 aromatic rings. The number of rotatable bonds is 2. The molecule has 126 valence electrons. The standard InChI is InChI=1S/C17H20N4O2S/c1-10(16-20-13-3-2-4-14(13)24-16)19-17(23)21-8-6-11-5-7-18-15(22)12(11)9-21/h5,7,10H,2-4,6,8-9H2,1H3,(H,18,22)(H,19,23). The number of pyridine rings is 1. The molecular formula is C17H20N4O2S. The molecule has 2 N–H and O–H groups in total. The second-order valence-electron chi connectivity index (χ2n) is 6.43. The normalized spacial score (nSPS) is 17.3. The summed E-state index contributed by atoms with van der Waals surface area (Å²) >= 11 is 1.71. The lowest BCUT2D eigenvalue weighted by Crippen LogP contribution is -2.45. The Hall–Kier alpha value is -2.15. The van der Waals surface area contributed by atoms with Crippen LogP contribution in [0, 0.1) is 0 Å². The molecule has 1 aliphatic carbocycles. The minimum atomic E-state index is -0.133. The molecule has 3 heterocycles. The summed E-state index contributed by atoms with van der Waals surface area (Å²) in [6.45, 7) is 2.96. The predicted octanol–water partition coefficient (Wildman–Crippen LogP) is 2.15. The van der Waals surface area contributed by atoms with E-state index in [2.05, 4.69) is 15.3 Å². The lowest BCUT2D eigenvalue weighted by Gasteiger charge is -2.29. The summed E-state index contributed by atoms with van der Waals surface area (Å²) in [5.74, 6) is 0. The van der Waals surface area contributed by atoms with E-state index in [0.29, 0.717) is 25.1 Å². The highest BCUT2D eigenvalue weighted by atomic mass is 32.1. The van der Waals surface area contributed by atoms with E-state index in [1.54, 1.807) is 22.4 Å². The van der Waals surface area contributed by atoms with Crippen molar-refractivity contribution in [3.8, 4) is 0 Å². The van der Waals surface area contributed by atoms with Crippen molar-refractivity contribution in [2.75, 3.05) is 6.54 Å². The second kappa shape index (κ2) is 6.05. The molecule has 1 unspecified atom stereocenters. The lowest BCUT2D eigenvalue weighted by atomic mass is 10.0. The molecule has 0 bridgehead atoms. The van der Waals surface area contributed by atoms with Crippen molar-refractivity contribution in [1.29, 1.82) is 0 Å². The van der Waals surface area contributed by atoms with Gasteiger partial charge in [-0.1, -0.05) is 0 Å². The molecule has 24 heavy (non-hydrogen) atoms. The SMILES string of the molecule is CC(NC(=O)N1CCc2cc[nH]c(=O)c2C1)c1nc2c(s1)CCC2. The summed E-state index contributed by atoms with van der Waals surface area (Å²) in [6.07, 6.45) is 5.74. The highest BCUT2D eigenvalue weighted by molar-refractivity contribution is 7.11. The molecule has 0 aromatic carbocycles. The van der Waals surface area contributed by atoms with Gasteiger partial charge in [0.05, 0.1) is 18.3 Å². The number of amides is 2. The van der Waals surface area contributed by atoms with Crippen LogP contribution < -0.4 is 10.9 Å². The third-order valence-electron chi connectivity index (χ3n) is 4.77. The number of aromatic amines is 1. The molecule has 0 saturated carbocycles. The van der Waals surface area contributed by atoms with Gasteiger partial charge < -0.3 is 15.2 Å². The molecule has 2 amide bonds. The van der Waals surface area contributed by atoms with E-state index in [4.69, 9.17) is 0 Å². The monoisotopic (exact) mass is 344 g/mol. The van der Waals surface area contributed by atoms with Crippen LogP contribution in [0.3, 0.4) is 0 Å². The topological polar surface area (TPSA) is 78.1 Å². The van der Waals surface area contributed by atoms with Gasteiger partial charge in [0.15, 0.2) is 0 Å². The average molecular weight is 344 g/mol. The van der Waals surface area contributed by atoms with Crippen LogP contribution in [0.5, 0.6) is 0 Å². The zero-order valence-electron chi connectivity index (χ0n) is 13.6. The van der Waals surface area contributed by atoms with E-state index < -0.39 is 0 Å². The fourth-order valence-electron chi connectivity index (χ4n) is 3.39. The molecule has 0 saturated heterocycles. The fraction of sp³-hybridized carbons (Fsp3) is 0.471. The summed E-state index contributed by atoms with van der Waals surface area (Å²) in [5.41, 5.74) is 2.83. The fourth-order valence-corrected chi connectivity index (χ4v) is 4.55. The van der Waals surface area contributed by atoms with Crippen molar-refractivity contribution < 1.29 is 4.79 Å². The van der Waals surface area contributed by atoms with Gasteiger partial charge in [0.2, 0.25) is 0 Å². The number of hydrogen-bond donors (Lipinski definition) is 2. The molecule has 0 radical (unpaired) electrons. The van der Waals surface area contributed by atoms with E-state index in [-0.39, 0.29) is 17.6 Å². The first kappa shape index (κ1) is 15.4. The van der Waals surface area contributed by atoms with Gasteiger partial charge in [-0.25, -0.2) is 9.78 Å². The van der Waals surface area contributed by atoms with Crippen LogP contribution in [0.25, 0.3) is 0 Å². The van der Waals surface area contributed by atoms with Gasteiger partial charge in [-0.3, -0.25) is 4.79 Å². The highest BCUT2D eigenvalue weighted by Crippen LogP contribution is 2.30. The van der Waals surface area contributed by atoms with Crippen LogP contribution in [0.15, 0.2) is 17.1 Å². The Balaban J connectivity index is 1.44. The van der Waals surface area contributed by atoms with Crippen LogP contribution in [-0.2, 0) is 25.8 Å². The number of urea groups is 1. The van der Waals surface area contributed by atoms with Gasteiger partial charge in [-0.2, -0.15) is 0 Å². The van der Waals surface area contributed by atoms with Crippen molar-refractivity contribution in [3.05, 3.63) is 49.3 Å². The summed E-state index contributed by atoms with van der Waals surface area (Å²) in [7, 11) is 0. The number of carbonyl (C=O) groups is 1. The molecule has 0 spiro atoms. The molecular weight excluding hydrogens is 324 g/mol. The lowest BCUT2D eigenvalue weighted by molar-refractivity contribution is 0.188. The van der Waals surface area contributed by atoms with Crippen molar-refractivity contribution in [2.45, 2.75) is 45.2 Å². The zero-order chi connectivity index (χ0) is 16.7. The number of carbonyl (C=O) groups excluding carboxylic acids is 1.